The molecule has 1 atom stereocenters. The highest BCUT2D eigenvalue weighted by Crippen LogP contribution is 2.22. The molecule has 0 saturated carbocycles. The average Bonchev–Trinajstić information content (AvgIpc) is 2.69. The molecule has 1 heterocycles. The number of hydrogen-bond acceptors (Lipinski definition) is 3. The zero-order chi connectivity index (χ0) is 9.86. The molecule has 1 aliphatic rings. The third kappa shape index (κ3) is 1.89. The van der Waals surface area contributed by atoms with Gasteiger partial charge in [0.05, 0.1) is 12.1 Å². The number of nitrogens with two attached hydrogens (primary N) is 1. The zero-order valence-electron chi connectivity index (χ0n) is 8.20. The molecule has 0 radical (unpaired) electrons. The van der Waals surface area contributed by atoms with Gasteiger partial charge in [0.1, 0.15) is 0 Å². The van der Waals surface area contributed by atoms with E-state index in [9.17, 15) is 0 Å². The van der Waals surface area contributed by atoms with E-state index in [-0.39, 0.29) is 5.54 Å². The second-order valence-corrected chi connectivity index (χ2v) is 3.78. The van der Waals surface area contributed by atoms with E-state index in [1.165, 1.54) is 0 Å². The summed E-state index contributed by atoms with van der Waals surface area (Å²) in [7, 11) is 0. The van der Waals surface area contributed by atoms with Gasteiger partial charge in [-0.2, -0.15) is 0 Å². The van der Waals surface area contributed by atoms with E-state index in [0.717, 1.165) is 18.7 Å². The molecule has 1 aromatic carbocycles. The van der Waals surface area contributed by atoms with E-state index in [1.54, 1.807) is 0 Å². The fourth-order valence-electron chi connectivity index (χ4n) is 1.75. The van der Waals surface area contributed by atoms with Gasteiger partial charge >= 0.3 is 0 Å². The lowest BCUT2D eigenvalue weighted by molar-refractivity contribution is 0.183. The van der Waals surface area contributed by atoms with Crippen molar-refractivity contribution in [1.29, 1.82) is 0 Å². The molecule has 1 aliphatic heterocycles. The second-order valence-electron chi connectivity index (χ2n) is 3.78. The number of ether oxygens (including phenoxy) is 1. The lowest BCUT2D eigenvalue weighted by Crippen LogP contribution is -2.46. The Balaban J connectivity index is 2.08. The summed E-state index contributed by atoms with van der Waals surface area (Å²) in [5.74, 6) is 0. The highest BCUT2D eigenvalue weighted by molar-refractivity contribution is 5.45. The summed E-state index contributed by atoms with van der Waals surface area (Å²) in [6.07, 6.45) is 0.985. The topological polar surface area (TPSA) is 47.3 Å². The summed E-state index contributed by atoms with van der Waals surface area (Å²) < 4.78 is 5.38. The van der Waals surface area contributed by atoms with E-state index >= 15 is 0 Å². The number of anilines is 1. The van der Waals surface area contributed by atoms with Gasteiger partial charge in [-0.3, -0.25) is 0 Å². The van der Waals surface area contributed by atoms with Gasteiger partial charge in [-0.25, -0.2) is 0 Å². The molecular formula is C11H16N2O. The molecule has 1 fully saturated rings. The molecule has 0 aromatic heterocycles. The van der Waals surface area contributed by atoms with Crippen molar-refractivity contribution in [2.45, 2.75) is 12.0 Å². The molecular weight excluding hydrogens is 176 g/mol. The quantitative estimate of drug-likeness (QED) is 0.757. The van der Waals surface area contributed by atoms with E-state index in [4.69, 9.17) is 10.5 Å². The average molecular weight is 192 g/mol. The van der Waals surface area contributed by atoms with Crippen LogP contribution in [0.25, 0.3) is 0 Å². The van der Waals surface area contributed by atoms with Crippen LogP contribution in [0.1, 0.15) is 6.42 Å². The number of benzene rings is 1. The first-order valence-electron chi connectivity index (χ1n) is 4.96. The van der Waals surface area contributed by atoms with Gasteiger partial charge < -0.3 is 15.8 Å². The molecule has 3 N–H and O–H groups in total. The molecule has 14 heavy (non-hydrogen) atoms. The molecule has 1 aromatic rings. The number of hydrogen-bond donors (Lipinski definition) is 2. The maximum atomic E-state index is 5.77. The fourth-order valence-corrected chi connectivity index (χ4v) is 1.75. The predicted octanol–water partition coefficient (Wildman–Crippen LogP) is 1.22. The first kappa shape index (κ1) is 9.49. The fraction of sp³-hybridized carbons (Fsp3) is 0.455. The zero-order valence-corrected chi connectivity index (χ0v) is 8.20. The lowest BCUT2D eigenvalue weighted by atomic mass is 9.98. The minimum absolute atomic E-state index is 0.0542. The lowest BCUT2D eigenvalue weighted by Gasteiger charge is -2.28. The van der Waals surface area contributed by atoms with Crippen molar-refractivity contribution in [3.63, 3.8) is 0 Å². The smallest absolute Gasteiger partial charge is 0.0750 e. The second kappa shape index (κ2) is 3.98. The summed E-state index contributed by atoms with van der Waals surface area (Å²) in [6, 6.07) is 10.1. The number of para-hydroxylation sites is 1. The molecule has 3 nitrogen and oxygen atoms in total. The van der Waals surface area contributed by atoms with E-state index in [0.29, 0.717) is 13.2 Å². The normalized spacial score (nSPS) is 26.4. The summed E-state index contributed by atoms with van der Waals surface area (Å²) in [4.78, 5) is 0. The summed E-state index contributed by atoms with van der Waals surface area (Å²) in [5, 5.41) is 3.45. The van der Waals surface area contributed by atoms with Crippen molar-refractivity contribution >= 4 is 5.69 Å². The van der Waals surface area contributed by atoms with Crippen LogP contribution in [0.3, 0.4) is 0 Å². The minimum Gasteiger partial charge on any atom is -0.379 e. The Bertz CT molecular complexity index is 281. The van der Waals surface area contributed by atoms with Crippen molar-refractivity contribution in [3.05, 3.63) is 30.3 Å². The minimum atomic E-state index is -0.0542. The molecule has 0 aliphatic carbocycles. The molecule has 0 spiro atoms. The predicted molar refractivity (Wildman–Crippen MR) is 57.3 cm³/mol. The first-order valence-corrected chi connectivity index (χ1v) is 4.96. The third-order valence-electron chi connectivity index (χ3n) is 2.68. The van der Waals surface area contributed by atoms with Crippen molar-refractivity contribution in [3.8, 4) is 0 Å². The van der Waals surface area contributed by atoms with Crippen molar-refractivity contribution < 1.29 is 4.74 Å². The molecule has 2 rings (SSSR count). The Morgan fingerprint density at radius 3 is 2.71 bits per heavy atom. The molecule has 3 heteroatoms. The largest absolute Gasteiger partial charge is 0.379 e. The summed E-state index contributed by atoms with van der Waals surface area (Å²) >= 11 is 0. The van der Waals surface area contributed by atoms with Crippen LogP contribution in [0.4, 0.5) is 5.69 Å². The maximum absolute atomic E-state index is 5.77. The highest BCUT2D eigenvalue weighted by atomic mass is 16.5. The Morgan fingerprint density at radius 1 is 1.36 bits per heavy atom. The monoisotopic (exact) mass is 192 g/mol. The standard InChI is InChI=1S/C11H16N2O/c12-8-11(6-7-14-9-11)13-10-4-2-1-3-5-10/h1-5,13H,6-9,12H2. The van der Waals surface area contributed by atoms with Gasteiger partial charge in [0, 0.05) is 18.8 Å². The van der Waals surface area contributed by atoms with Gasteiger partial charge in [-0.15, -0.1) is 0 Å². The molecule has 1 saturated heterocycles. The van der Waals surface area contributed by atoms with Gasteiger partial charge in [0.2, 0.25) is 0 Å². The van der Waals surface area contributed by atoms with Crippen LogP contribution in [0, 0.1) is 0 Å². The maximum Gasteiger partial charge on any atom is 0.0750 e. The first-order chi connectivity index (χ1) is 6.85. The van der Waals surface area contributed by atoms with Crippen LogP contribution in [0.5, 0.6) is 0 Å². The number of rotatable bonds is 3. The molecule has 76 valence electrons. The van der Waals surface area contributed by atoms with Crippen LogP contribution < -0.4 is 11.1 Å². The van der Waals surface area contributed by atoms with E-state index in [1.807, 2.05) is 18.2 Å². The van der Waals surface area contributed by atoms with E-state index < -0.39 is 0 Å². The van der Waals surface area contributed by atoms with Gasteiger partial charge in [0.25, 0.3) is 0 Å². The Hall–Kier alpha value is -1.06. The van der Waals surface area contributed by atoms with E-state index in [2.05, 4.69) is 17.4 Å². The van der Waals surface area contributed by atoms with Crippen molar-refractivity contribution in [2.75, 3.05) is 25.1 Å². The molecule has 0 bridgehead atoms. The third-order valence-corrected chi connectivity index (χ3v) is 2.68. The van der Waals surface area contributed by atoms with Crippen molar-refractivity contribution in [1.82, 2.24) is 0 Å². The van der Waals surface area contributed by atoms with Crippen LogP contribution in [-0.4, -0.2) is 25.3 Å². The summed E-state index contributed by atoms with van der Waals surface area (Å²) in [6.45, 7) is 2.12. The van der Waals surface area contributed by atoms with Gasteiger partial charge in [-0.05, 0) is 18.6 Å². The van der Waals surface area contributed by atoms with Crippen LogP contribution in [-0.2, 0) is 4.74 Å². The Labute approximate surface area is 84.3 Å². The Morgan fingerprint density at radius 2 is 2.14 bits per heavy atom. The van der Waals surface area contributed by atoms with Crippen molar-refractivity contribution in [2.24, 2.45) is 5.73 Å². The van der Waals surface area contributed by atoms with Gasteiger partial charge in [-0.1, -0.05) is 18.2 Å². The van der Waals surface area contributed by atoms with Crippen LogP contribution in [0.15, 0.2) is 30.3 Å². The molecule has 1 unspecified atom stereocenters. The molecule has 0 amide bonds. The van der Waals surface area contributed by atoms with Gasteiger partial charge in [0.15, 0.2) is 0 Å². The highest BCUT2D eigenvalue weighted by Gasteiger charge is 2.33. The number of nitrogens with one attached hydrogen (secondary N) is 1. The summed E-state index contributed by atoms with van der Waals surface area (Å²) in [5.41, 5.74) is 6.83. The van der Waals surface area contributed by atoms with Crippen LogP contribution >= 0.6 is 0 Å². The Kier molecular flexibility index (Phi) is 2.70. The SMILES string of the molecule is NCC1(Nc2ccccc2)CCOC1. The van der Waals surface area contributed by atoms with Crippen LogP contribution in [0.2, 0.25) is 0 Å².